The van der Waals surface area contributed by atoms with Crippen LogP contribution >= 0.6 is 0 Å². The summed E-state index contributed by atoms with van der Waals surface area (Å²) in [5.41, 5.74) is -0.525. The van der Waals surface area contributed by atoms with Gasteiger partial charge >= 0.3 is 11.3 Å². The van der Waals surface area contributed by atoms with Gasteiger partial charge in [0.25, 0.3) is 11.5 Å². The van der Waals surface area contributed by atoms with Crippen molar-refractivity contribution in [1.29, 1.82) is 0 Å². The standard InChI is InChI=1S/C22H26N4O6/c1-5-7-26-17(11-16-19(26)23(3)22(30)24(4)20(16)28)21(29)25-8-6-14(12-25)32-15-9-13(2)31-18(27)10-15/h9-11,14H,5-8,12H2,1-4H3. The molecule has 1 atom stereocenters. The highest BCUT2D eigenvalue weighted by molar-refractivity contribution is 5.98. The summed E-state index contributed by atoms with van der Waals surface area (Å²) < 4.78 is 15.0. The van der Waals surface area contributed by atoms with E-state index in [0.717, 1.165) is 11.0 Å². The second-order valence-electron chi connectivity index (χ2n) is 8.13. The van der Waals surface area contributed by atoms with E-state index >= 15 is 0 Å². The van der Waals surface area contributed by atoms with Crippen LogP contribution in [0.5, 0.6) is 5.75 Å². The number of ether oxygens (including phenoxy) is 1. The van der Waals surface area contributed by atoms with Crippen molar-refractivity contribution in [3.63, 3.8) is 0 Å². The van der Waals surface area contributed by atoms with E-state index in [1.807, 2.05) is 6.92 Å². The van der Waals surface area contributed by atoms with Gasteiger partial charge in [-0.3, -0.25) is 18.7 Å². The van der Waals surface area contributed by atoms with Gasteiger partial charge < -0.3 is 18.6 Å². The lowest BCUT2D eigenvalue weighted by Crippen LogP contribution is -2.37. The first-order valence-electron chi connectivity index (χ1n) is 10.6. The van der Waals surface area contributed by atoms with E-state index in [4.69, 9.17) is 9.15 Å². The van der Waals surface area contributed by atoms with Crippen molar-refractivity contribution in [1.82, 2.24) is 18.6 Å². The number of carbonyl (C=O) groups excluding carboxylic acids is 1. The highest BCUT2D eigenvalue weighted by atomic mass is 16.5. The number of rotatable bonds is 5. The Labute approximate surface area is 183 Å². The molecule has 1 amide bonds. The first kappa shape index (κ1) is 21.7. The Bertz CT molecular complexity index is 1380. The van der Waals surface area contributed by atoms with Crippen LogP contribution < -0.4 is 21.6 Å². The van der Waals surface area contributed by atoms with Gasteiger partial charge in [0.2, 0.25) is 0 Å². The van der Waals surface area contributed by atoms with Gasteiger partial charge in [-0.15, -0.1) is 0 Å². The summed E-state index contributed by atoms with van der Waals surface area (Å²) in [5.74, 6) is 0.644. The highest BCUT2D eigenvalue weighted by Gasteiger charge is 2.31. The van der Waals surface area contributed by atoms with Crippen LogP contribution in [0.25, 0.3) is 11.0 Å². The molecule has 0 N–H and O–H groups in total. The summed E-state index contributed by atoms with van der Waals surface area (Å²) in [7, 11) is 3.03. The number of amides is 1. The Morgan fingerprint density at radius 3 is 2.59 bits per heavy atom. The third kappa shape index (κ3) is 3.65. The molecule has 3 aromatic rings. The van der Waals surface area contributed by atoms with Crippen molar-refractivity contribution in [3.8, 4) is 5.75 Å². The number of fused-ring (bicyclic) bond motifs is 1. The van der Waals surface area contributed by atoms with Crippen LogP contribution in [0.2, 0.25) is 0 Å². The summed E-state index contributed by atoms with van der Waals surface area (Å²) in [6.07, 6.45) is 1.08. The Hall–Kier alpha value is -3.56. The summed E-state index contributed by atoms with van der Waals surface area (Å²) in [6.45, 7) is 4.97. The van der Waals surface area contributed by atoms with Crippen LogP contribution in [0.3, 0.4) is 0 Å². The number of aryl methyl sites for hydroxylation is 3. The fraction of sp³-hybridized carbons (Fsp3) is 0.455. The number of carbonyl (C=O) groups is 1. The Balaban J connectivity index is 1.65. The molecule has 0 spiro atoms. The van der Waals surface area contributed by atoms with E-state index < -0.39 is 16.9 Å². The minimum atomic E-state index is -0.484. The quantitative estimate of drug-likeness (QED) is 0.583. The summed E-state index contributed by atoms with van der Waals surface area (Å²) in [5, 5.41) is 0.338. The maximum atomic E-state index is 13.4. The third-order valence-corrected chi connectivity index (χ3v) is 5.76. The van der Waals surface area contributed by atoms with E-state index in [0.29, 0.717) is 54.3 Å². The fourth-order valence-corrected chi connectivity index (χ4v) is 4.28. The largest absolute Gasteiger partial charge is 0.488 e. The summed E-state index contributed by atoms with van der Waals surface area (Å²) >= 11 is 0. The first-order valence-corrected chi connectivity index (χ1v) is 10.6. The van der Waals surface area contributed by atoms with E-state index in [-0.39, 0.29) is 12.0 Å². The molecule has 0 saturated carbocycles. The van der Waals surface area contributed by atoms with Crippen molar-refractivity contribution in [2.75, 3.05) is 13.1 Å². The molecule has 1 saturated heterocycles. The average Bonchev–Trinajstić information content (AvgIpc) is 3.35. The monoisotopic (exact) mass is 442 g/mol. The van der Waals surface area contributed by atoms with E-state index in [1.54, 1.807) is 35.6 Å². The van der Waals surface area contributed by atoms with Gasteiger partial charge in [-0.05, 0) is 19.4 Å². The molecular weight excluding hydrogens is 416 g/mol. The normalized spacial score (nSPS) is 16.1. The molecule has 4 heterocycles. The van der Waals surface area contributed by atoms with E-state index in [9.17, 15) is 19.2 Å². The van der Waals surface area contributed by atoms with E-state index in [2.05, 4.69) is 0 Å². The predicted molar refractivity (Wildman–Crippen MR) is 117 cm³/mol. The molecule has 0 bridgehead atoms. The Morgan fingerprint density at radius 2 is 1.91 bits per heavy atom. The average molecular weight is 442 g/mol. The van der Waals surface area contributed by atoms with E-state index in [1.165, 1.54) is 17.7 Å². The molecule has 4 rings (SSSR count). The SMILES string of the molecule is CCCn1c(C(=O)N2CCC(Oc3cc(C)oc(=O)c3)C2)cc2c(=O)n(C)c(=O)n(C)c21. The number of nitrogens with zero attached hydrogens (tertiary/aromatic N) is 4. The van der Waals surface area contributed by atoms with Crippen LogP contribution in [0.15, 0.2) is 37.0 Å². The zero-order valence-electron chi connectivity index (χ0n) is 18.6. The molecule has 3 aromatic heterocycles. The van der Waals surface area contributed by atoms with Crippen molar-refractivity contribution >= 4 is 16.9 Å². The Kier molecular flexibility index (Phi) is 5.53. The van der Waals surface area contributed by atoms with Crippen molar-refractivity contribution in [3.05, 3.63) is 60.9 Å². The minimum absolute atomic E-state index is 0.223. The molecule has 1 unspecified atom stereocenters. The predicted octanol–water partition coefficient (Wildman–Crippen LogP) is 1.00. The van der Waals surface area contributed by atoms with Crippen LogP contribution in [0, 0.1) is 6.92 Å². The molecular formula is C22H26N4O6. The lowest BCUT2D eigenvalue weighted by atomic mass is 10.3. The molecule has 0 radical (unpaired) electrons. The zero-order chi connectivity index (χ0) is 23.2. The molecule has 0 aromatic carbocycles. The third-order valence-electron chi connectivity index (χ3n) is 5.76. The van der Waals surface area contributed by atoms with Gasteiger partial charge in [0, 0.05) is 39.7 Å². The topological polar surface area (TPSA) is 109 Å². The molecule has 170 valence electrons. The van der Waals surface area contributed by atoms with Gasteiger partial charge in [0.1, 0.15) is 29.0 Å². The fourth-order valence-electron chi connectivity index (χ4n) is 4.28. The highest BCUT2D eigenvalue weighted by Crippen LogP contribution is 2.23. The van der Waals surface area contributed by atoms with Gasteiger partial charge in [0.05, 0.1) is 18.0 Å². The molecule has 10 nitrogen and oxygen atoms in total. The van der Waals surface area contributed by atoms with Crippen LogP contribution in [-0.4, -0.2) is 43.7 Å². The van der Waals surface area contributed by atoms with Crippen molar-refractivity contribution in [2.45, 2.75) is 39.3 Å². The lowest BCUT2D eigenvalue weighted by Gasteiger charge is -2.19. The number of hydrogen-bond donors (Lipinski definition) is 0. The molecule has 10 heteroatoms. The summed E-state index contributed by atoms with van der Waals surface area (Å²) in [4.78, 5) is 51.8. The van der Waals surface area contributed by atoms with Gasteiger partial charge in [-0.25, -0.2) is 9.59 Å². The molecule has 32 heavy (non-hydrogen) atoms. The molecule has 1 fully saturated rings. The molecule has 1 aliphatic heterocycles. The second kappa shape index (κ2) is 8.18. The maximum absolute atomic E-state index is 13.4. The molecule has 1 aliphatic rings. The van der Waals surface area contributed by atoms with Crippen LogP contribution in [0.1, 0.15) is 36.0 Å². The molecule has 0 aliphatic carbocycles. The second-order valence-corrected chi connectivity index (χ2v) is 8.13. The minimum Gasteiger partial charge on any atom is -0.488 e. The summed E-state index contributed by atoms with van der Waals surface area (Å²) in [6, 6.07) is 4.50. The number of likely N-dealkylation sites (tertiary alicyclic amines) is 1. The van der Waals surface area contributed by atoms with Gasteiger partial charge in [0.15, 0.2) is 0 Å². The smallest absolute Gasteiger partial charge is 0.339 e. The van der Waals surface area contributed by atoms with Gasteiger partial charge in [-0.2, -0.15) is 0 Å². The Morgan fingerprint density at radius 1 is 1.16 bits per heavy atom. The lowest BCUT2D eigenvalue weighted by molar-refractivity contribution is 0.0761. The maximum Gasteiger partial charge on any atom is 0.339 e. The van der Waals surface area contributed by atoms with Crippen LogP contribution in [-0.2, 0) is 20.6 Å². The number of aromatic nitrogens is 3. The van der Waals surface area contributed by atoms with Crippen molar-refractivity contribution in [2.24, 2.45) is 14.1 Å². The van der Waals surface area contributed by atoms with Gasteiger partial charge in [-0.1, -0.05) is 6.92 Å². The number of hydrogen-bond acceptors (Lipinski definition) is 6. The van der Waals surface area contributed by atoms with Crippen molar-refractivity contribution < 1.29 is 13.9 Å². The zero-order valence-corrected chi connectivity index (χ0v) is 18.6. The van der Waals surface area contributed by atoms with Crippen LogP contribution in [0.4, 0.5) is 0 Å². The first-order chi connectivity index (χ1) is 15.2.